The van der Waals surface area contributed by atoms with Crippen molar-refractivity contribution in [3.05, 3.63) is 24.0 Å². The SMILES string of the molecule is CCCN(CC)c1ccc(F)cc1N. The van der Waals surface area contributed by atoms with Crippen LogP contribution in [-0.2, 0) is 0 Å². The summed E-state index contributed by atoms with van der Waals surface area (Å²) >= 11 is 0. The molecule has 0 bridgehead atoms. The molecular weight excluding hydrogens is 179 g/mol. The lowest BCUT2D eigenvalue weighted by Gasteiger charge is -2.23. The Balaban J connectivity index is 2.92. The number of anilines is 2. The van der Waals surface area contributed by atoms with Gasteiger partial charge in [0.1, 0.15) is 5.82 Å². The normalized spacial score (nSPS) is 10.2. The molecule has 0 aliphatic rings. The van der Waals surface area contributed by atoms with E-state index in [2.05, 4.69) is 18.7 Å². The van der Waals surface area contributed by atoms with Crippen molar-refractivity contribution in [3.63, 3.8) is 0 Å². The second-order valence-corrected chi connectivity index (χ2v) is 3.28. The van der Waals surface area contributed by atoms with Gasteiger partial charge in [0.25, 0.3) is 0 Å². The molecule has 0 unspecified atom stereocenters. The predicted molar refractivity (Wildman–Crippen MR) is 59.0 cm³/mol. The molecule has 78 valence electrons. The summed E-state index contributed by atoms with van der Waals surface area (Å²) in [4.78, 5) is 2.15. The van der Waals surface area contributed by atoms with Crippen LogP contribution in [0.5, 0.6) is 0 Å². The zero-order valence-electron chi connectivity index (χ0n) is 8.76. The Morgan fingerprint density at radius 3 is 2.57 bits per heavy atom. The third-order valence-corrected chi connectivity index (χ3v) is 2.21. The highest BCUT2D eigenvalue weighted by molar-refractivity contribution is 5.67. The van der Waals surface area contributed by atoms with Gasteiger partial charge in [0, 0.05) is 13.1 Å². The standard InChI is InChI=1S/C11H17FN2/c1-3-7-14(4-2)11-6-5-9(12)8-10(11)13/h5-6,8H,3-4,7,13H2,1-2H3. The molecule has 0 aromatic heterocycles. The highest BCUT2D eigenvalue weighted by atomic mass is 19.1. The van der Waals surface area contributed by atoms with E-state index in [1.807, 2.05) is 0 Å². The number of nitrogen functional groups attached to an aromatic ring is 1. The van der Waals surface area contributed by atoms with Gasteiger partial charge < -0.3 is 10.6 Å². The minimum atomic E-state index is -0.279. The van der Waals surface area contributed by atoms with Crippen LogP contribution in [0.4, 0.5) is 15.8 Å². The van der Waals surface area contributed by atoms with E-state index in [-0.39, 0.29) is 5.82 Å². The quantitative estimate of drug-likeness (QED) is 0.750. The van der Waals surface area contributed by atoms with Gasteiger partial charge in [0.05, 0.1) is 11.4 Å². The molecule has 0 amide bonds. The molecule has 0 heterocycles. The van der Waals surface area contributed by atoms with E-state index in [1.54, 1.807) is 6.07 Å². The molecule has 0 radical (unpaired) electrons. The van der Waals surface area contributed by atoms with Crippen molar-refractivity contribution in [3.8, 4) is 0 Å². The predicted octanol–water partition coefficient (Wildman–Crippen LogP) is 2.64. The Bertz CT molecular complexity index is 299. The third-order valence-electron chi connectivity index (χ3n) is 2.21. The zero-order chi connectivity index (χ0) is 10.6. The first-order valence-corrected chi connectivity index (χ1v) is 4.99. The van der Waals surface area contributed by atoms with Gasteiger partial charge in [-0.05, 0) is 31.5 Å². The fourth-order valence-electron chi connectivity index (χ4n) is 1.53. The molecule has 0 spiro atoms. The molecule has 0 aliphatic carbocycles. The van der Waals surface area contributed by atoms with E-state index in [9.17, 15) is 4.39 Å². The molecule has 0 fully saturated rings. The summed E-state index contributed by atoms with van der Waals surface area (Å²) < 4.78 is 12.8. The van der Waals surface area contributed by atoms with Gasteiger partial charge in [-0.3, -0.25) is 0 Å². The lowest BCUT2D eigenvalue weighted by atomic mass is 10.2. The molecular formula is C11H17FN2. The summed E-state index contributed by atoms with van der Waals surface area (Å²) in [5.74, 6) is -0.279. The minimum Gasteiger partial charge on any atom is -0.397 e. The number of halogens is 1. The second-order valence-electron chi connectivity index (χ2n) is 3.28. The fraction of sp³-hybridized carbons (Fsp3) is 0.455. The van der Waals surface area contributed by atoms with Crippen LogP contribution in [0.1, 0.15) is 20.3 Å². The van der Waals surface area contributed by atoms with E-state index in [4.69, 9.17) is 5.73 Å². The van der Waals surface area contributed by atoms with Crippen LogP contribution >= 0.6 is 0 Å². The Hall–Kier alpha value is -1.25. The number of rotatable bonds is 4. The van der Waals surface area contributed by atoms with Gasteiger partial charge >= 0.3 is 0 Å². The summed E-state index contributed by atoms with van der Waals surface area (Å²) in [6.07, 6.45) is 1.06. The van der Waals surface area contributed by atoms with Gasteiger partial charge in [0.2, 0.25) is 0 Å². The molecule has 2 nitrogen and oxygen atoms in total. The first-order chi connectivity index (χ1) is 6.69. The summed E-state index contributed by atoms with van der Waals surface area (Å²) in [6.45, 7) is 6.02. The number of hydrogen-bond donors (Lipinski definition) is 1. The van der Waals surface area contributed by atoms with E-state index in [0.29, 0.717) is 5.69 Å². The number of benzene rings is 1. The van der Waals surface area contributed by atoms with Crippen LogP contribution in [-0.4, -0.2) is 13.1 Å². The molecule has 0 atom stereocenters. The van der Waals surface area contributed by atoms with Crippen LogP contribution < -0.4 is 10.6 Å². The highest BCUT2D eigenvalue weighted by Gasteiger charge is 2.07. The second kappa shape index (κ2) is 4.84. The third kappa shape index (κ3) is 2.37. The Morgan fingerprint density at radius 2 is 2.07 bits per heavy atom. The summed E-state index contributed by atoms with van der Waals surface area (Å²) in [5.41, 5.74) is 7.19. The van der Waals surface area contributed by atoms with E-state index in [1.165, 1.54) is 12.1 Å². The Morgan fingerprint density at radius 1 is 1.36 bits per heavy atom. The zero-order valence-corrected chi connectivity index (χ0v) is 8.76. The summed E-state index contributed by atoms with van der Waals surface area (Å²) in [5, 5.41) is 0. The van der Waals surface area contributed by atoms with Crippen molar-refractivity contribution in [1.29, 1.82) is 0 Å². The van der Waals surface area contributed by atoms with Crippen LogP contribution in [0.25, 0.3) is 0 Å². The van der Waals surface area contributed by atoms with Crippen molar-refractivity contribution in [1.82, 2.24) is 0 Å². The van der Waals surface area contributed by atoms with Crippen molar-refractivity contribution in [2.45, 2.75) is 20.3 Å². The molecule has 2 N–H and O–H groups in total. The molecule has 14 heavy (non-hydrogen) atoms. The number of hydrogen-bond acceptors (Lipinski definition) is 2. The maximum Gasteiger partial charge on any atom is 0.125 e. The van der Waals surface area contributed by atoms with Crippen molar-refractivity contribution in [2.75, 3.05) is 23.7 Å². The first-order valence-electron chi connectivity index (χ1n) is 4.99. The maximum atomic E-state index is 12.8. The van der Waals surface area contributed by atoms with Crippen LogP contribution in [0.2, 0.25) is 0 Å². The average Bonchev–Trinajstić information content (AvgIpc) is 2.15. The van der Waals surface area contributed by atoms with Crippen LogP contribution in [0, 0.1) is 5.82 Å². The maximum absolute atomic E-state index is 12.8. The topological polar surface area (TPSA) is 29.3 Å². The van der Waals surface area contributed by atoms with Crippen molar-refractivity contribution < 1.29 is 4.39 Å². The highest BCUT2D eigenvalue weighted by Crippen LogP contribution is 2.23. The largest absolute Gasteiger partial charge is 0.397 e. The first kappa shape index (κ1) is 10.8. The van der Waals surface area contributed by atoms with E-state index < -0.39 is 0 Å². The molecule has 1 rings (SSSR count). The lowest BCUT2D eigenvalue weighted by molar-refractivity contribution is 0.628. The number of nitrogens with two attached hydrogens (primary N) is 1. The smallest absolute Gasteiger partial charge is 0.125 e. The van der Waals surface area contributed by atoms with Gasteiger partial charge in [-0.15, -0.1) is 0 Å². The summed E-state index contributed by atoms with van der Waals surface area (Å²) in [7, 11) is 0. The van der Waals surface area contributed by atoms with E-state index in [0.717, 1.165) is 25.2 Å². The van der Waals surface area contributed by atoms with Crippen molar-refractivity contribution >= 4 is 11.4 Å². The van der Waals surface area contributed by atoms with Gasteiger partial charge in [-0.25, -0.2) is 4.39 Å². The Kier molecular flexibility index (Phi) is 3.74. The minimum absolute atomic E-state index is 0.279. The van der Waals surface area contributed by atoms with Gasteiger partial charge in [0.15, 0.2) is 0 Å². The Labute approximate surface area is 84.5 Å². The molecule has 0 saturated heterocycles. The van der Waals surface area contributed by atoms with Gasteiger partial charge in [-0.1, -0.05) is 6.92 Å². The molecule has 0 saturated carbocycles. The van der Waals surface area contributed by atoms with Gasteiger partial charge in [-0.2, -0.15) is 0 Å². The van der Waals surface area contributed by atoms with Crippen LogP contribution in [0.15, 0.2) is 18.2 Å². The molecule has 1 aromatic carbocycles. The average molecular weight is 196 g/mol. The van der Waals surface area contributed by atoms with Crippen molar-refractivity contribution in [2.24, 2.45) is 0 Å². The van der Waals surface area contributed by atoms with Crippen LogP contribution in [0.3, 0.4) is 0 Å². The molecule has 0 aliphatic heterocycles. The summed E-state index contributed by atoms with van der Waals surface area (Å²) in [6, 6.07) is 4.56. The lowest BCUT2D eigenvalue weighted by Crippen LogP contribution is -2.24. The fourth-order valence-corrected chi connectivity index (χ4v) is 1.53. The monoisotopic (exact) mass is 196 g/mol. The number of nitrogens with zero attached hydrogens (tertiary/aromatic N) is 1. The molecule has 3 heteroatoms. The van der Waals surface area contributed by atoms with E-state index >= 15 is 0 Å². The molecule has 1 aromatic rings.